The fourth-order valence-electron chi connectivity index (χ4n) is 3.70. The average molecular weight is 433 g/mol. The van der Waals surface area contributed by atoms with E-state index >= 15 is 0 Å². The van der Waals surface area contributed by atoms with E-state index in [1.165, 1.54) is 6.20 Å². The Morgan fingerprint density at radius 3 is 2.35 bits per heavy atom. The molecule has 0 radical (unpaired) electrons. The van der Waals surface area contributed by atoms with Crippen molar-refractivity contribution in [2.24, 2.45) is 5.92 Å². The molecule has 10 nitrogen and oxygen atoms in total. The van der Waals surface area contributed by atoms with Crippen molar-refractivity contribution in [3.8, 4) is 0 Å². The predicted molar refractivity (Wildman–Crippen MR) is 110 cm³/mol. The number of aldehydes is 1. The van der Waals surface area contributed by atoms with Gasteiger partial charge in [-0.2, -0.15) is 4.48 Å². The number of aromatic nitrogens is 1. The van der Waals surface area contributed by atoms with Crippen LogP contribution in [0.25, 0.3) is 0 Å². The number of pyridine rings is 1. The Balaban J connectivity index is 2.28. The summed E-state index contributed by atoms with van der Waals surface area (Å²) in [4.78, 5) is 65.5. The van der Waals surface area contributed by atoms with E-state index in [0.717, 1.165) is 0 Å². The Morgan fingerprint density at radius 2 is 1.84 bits per heavy atom. The molecule has 0 aliphatic carbocycles. The minimum atomic E-state index is -1.24. The van der Waals surface area contributed by atoms with Gasteiger partial charge in [0.25, 0.3) is 5.91 Å². The van der Waals surface area contributed by atoms with Gasteiger partial charge in [0.1, 0.15) is 18.4 Å². The molecule has 1 aromatic rings. The maximum absolute atomic E-state index is 13.6. The number of carboxylic acids is 1. The van der Waals surface area contributed by atoms with Crippen LogP contribution in [0.4, 0.5) is 4.79 Å². The largest absolute Gasteiger partial charge is 0.481 e. The maximum Gasteiger partial charge on any atom is 0.424 e. The number of likely N-dealkylation sites (tertiary alicyclic amines) is 1. The zero-order valence-corrected chi connectivity index (χ0v) is 18.0. The van der Waals surface area contributed by atoms with Gasteiger partial charge in [0.2, 0.25) is 0 Å². The third-order valence-electron chi connectivity index (χ3n) is 5.51. The van der Waals surface area contributed by atoms with Crippen molar-refractivity contribution in [1.29, 1.82) is 0 Å². The number of hydrogen-bond acceptors (Lipinski definition) is 6. The highest BCUT2D eigenvalue weighted by atomic mass is 16.4. The average Bonchev–Trinajstić information content (AvgIpc) is 3.21. The van der Waals surface area contributed by atoms with Crippen molar-refractivity contribution >= 4 is 30.1 Å². The van der Waals surface area contributed by atoms with Crippen LogP contribution in [0.15, 0.2) is 18.5 Å². The molecule has 2 atom stereocenters. The Kier molecular flexibility index (Phi) is 7.98. The second-order valence-electron chi connectivity index (χ2n) is 8.14. The lowest BCUT2D eigenvalue weighted by atomic mass is 10.0. The van der Waals surface area contributed by atoms with E-state index in [2.05, 4.69) is 15.6 Å². The van der Waals surface area contributed by atoms with Crippen LogP contribution >= 0.6 is 0 Å². The molecule has 0 unspecified atom stereocenters. The zero-order chi connectivity index (χ0) is 23.2. The molecule has 1 aliphatic heterocycles. The van der Waals surface area contributed by atoms with Gasteiger partial charge in [-0.15, -0.1) is 0 Å². The van der Waals surface area contributed by atoms with Crippen LogP contribution < -0.4 is 10.6 Å². The van der Waals surface area contributed by atoms with Gasteiger partial charge < -0.3 is 15.2 Å². The lowest BCUT2D eigenvalue weighted by Gasteiger charge is -2.33. The molecule has 1 saturated heterocycles. The summed E-state index contributed by atoms with van der Waals surface area (Å²) in [5, 5.41) is 14.1. The van der Waals surface area contributed by atoms with Gasteiger partial charge in [-0.1, -0.05) is 13.8 Å². The van der Waals surface area contributed by atoms with Crippen LogP contribution in [0.2, 0.25) is 0 Å². The second kappa shape index (κ2) is 10.3. The summed E-state index contributed by atoms with van der Waals surface area (Å²) in [5.74, 6) is -2.50. The van der Waals surface area contributed by atoms with Crippen molar-refractivity contribution < 1.29 is 33.6 Å². The summed E-state index contributed by atoms with van der Waals surface area (Å²) < 4.78 is -0.584. The third kappa shape index (κ3) is 5.52. The number of quaternary nitrogens is 1. The van der Waals surface area contributed by atoms with Gasteiger partial charge >= 0.3 is 17.9 Å². The number of nitrogens with one attached hydrogen (secondary N) is 2. The highest BCUT2D eigenvalue weighted by Crippen LogP contribution is 2.24. The monoisotopic (exact) mass is 433 g/mol. The number of urea groups is 1. The standard InChI is InChI=1S/C21H28N4O6/c1-13(2)18(24-19(29)16-11-22-7-6-14(16)3)20(30)25(8-4-5-9-25)21(31)23-15(12-26)10-17(27)28/h6-7,11-13,15,18H,4-5,8-10H2,1-3H3,(H2-,23,24,27,28,29,31)/p+1/t15-,18-/m0/s1. The Morgan fingerprint density at radius 1 is 1.19 bits per heavy atom. The first-order chi connectivity index (χ1) is 14.6. The Labute approximate surface area is 180 Å². The van der Waals surface area contributed by atoms with Gasteiger partial charge in [0, 0.05) is 25.2 Å². The van der Waals surface area contributed by atoms with Crippen molar-refractivity contribution in [3.05, 3.63) is 29.6 Å². The molecule has 0 aromatic carbocycles. The molecule has 1 aliphatic rings. The summed E-state index contributed by atoms with van der Waals surface area (Å²) in [5.41, 5.74) is 1.04. The minimum absolute atomic E-state index is 0.217. The molecule has 0 bridgehead atoms. The van der Waals surface area contributed by atoms with Gasteiger partial charge in [-0.05, 0) is 24.5 Å². The molecule has 1 fully saturated rings. The Hall–Kier alpha value is -3.14. The number of amides is 4. The van der Waals surface area contributed by atoms with Crippen molar-refractivity contribution in [2.75, 3.05) is 13.1 Å². The number of aryl methyl sites for hydroxylation is 1. The van der Waals surface area contributed by atoms with E-state index in [0.29, 0.717) is 30.3 Å². The van der Waals surface area contributed by atoms with E-state index < -0.39 is 46.8 Å². The first-order valence-corrected chi connectivity index (χ1v) is 10.2. The molecule has 2 rings (SSSR count). The van der Waals surface area contributed by atoms with E-state index in [1.54, 1.807) is 33.0 Å². The summed E-state index contributed by atoms with van der Waals surface area (Å²) in [6.45, 7) is 5.72. The number of carbonyl (C=O) groups is 5. The quantitative estimate of drug-likeness (QED) is 0.410. The number of imide groups is 1. The number of hydrogen-bond donors (Lipinski definition) is 3. The Bertz CT molecular complexity index is 863. The summed E-state index contributed by atoms with van der Waals surface area (Å²) in [6, 6.07) is -1.23. The smallest absolute Gasteiger partial charge is 0.424 e. The number of carbonyl (C=O) groups excluding carboxylic acids is 4. The molecular weight excluding hydrogens is 404 g/mol. The van der Waals surface area contributed by atoms with E-state index in [-0.39, 0.29) is 19.0 Å². The molecule has 10 heteroatoms. The molecule has 0 saturated carbocycles. The number of rotatable bonds is 8. The normalized spacial score (nSPS) is 16.9. The van der Waals surface area contributed by atoms with Gasteiger partial charge in [0.15, 0.2) is 0 Å². The van der Waals surface area contributed by atoms with Gasteiger partial charge in [0.05, 0.1) is 25.1 Å². The molecule has 31 heavy (non-hydrogen) atoms. The van der Waals surface area contributed by atoms with E-state index in [1.807, 2.05) is 0 Å². The molecule has 2 heterocycles. The van der Waals surface area contributed by atoms with Gasteiger partial charge in [-0.25, -0.2) is 9.59 Å². The first kappa shape index (κ1) is 24.1. The number of nitrogens with zero attached hydrogens (tertiary/aromatic N) is 2. The van der Waals surface area contributed by atoms with Crippen LogP contribution in [0.3, 0.4) is 0 Å². The van der Waals surface area contributed by atoms with Gasteiger partial charge in [-0.3, -0.25) is 19.9 Å². The molecule has 3 N–H and O–H groups in total. The highest BCUT2D eigenvalue weighted by molar-refractivity contribution is 5.98. The van der Waals surface area contributed by atoms with Crippen LogP contribution in [0, 0.1) is 12.8 Å². The van der Waals surface area contributed by atoms with Crippen LogP contribution in [-0.2, 0) is 14.4 Å². The SMILES string of the molecule is Cc1ccncc1C(=O)N[C@H](C(=O)[N+]1(C(=O)N[C@H](C=O)CC(=O)O)CCCC1)C(C)C. The fraction of sp³-hybridized carbons (Fsp3) is 0.524. The zero-order valence-electron chi connectivity index (χ0n) is 18.0. The lowest BCUT2D eigenvalue weighted by Crippen LogP contribution is -2.66. The van der Waals surface area contributed by atoms with Crippen molar-refractivity contribution in [2.45, 2.75) is 52.1 Å². The topological polar surface area (TPSA) is 143 Å². The highest BCUT2D eigenvalue weighted by Gasteiger charge is 2.51. The van der Waals surface area contributed by atoms with Crippen molar-refractivity contribution in [3.63, 3.8) is 0 Å². The van der Waals surface area contributed by atoms with Crippen molar-refractivity contribution in [1.82, 2.24) is 15.6 Å². The fourth-order valence-corrected chi connectivity index (χ4v) is 3.70. The first-order valence-electron chi connectivity index (χ1n) is 10.2. The van der Waals surface area contributed by atoms with E-state index in [4.69, 9.17) is 5.11 Å². The summed E-state index contributed by atoms with van der Waals surface area (Å²) in [7, 11) is 0. The number of carboxylic acid groups (broad SMARTS) is 1. The molecule has 0 spiro atoms. The van der Waals surface area contributed by atoms with Crippen LogP contribution in [-0.4, -0.2) is 69.8 Å². The van der Waals surface area contributed by atoms with Crippen LogP contribution in [0.5, 0.6) is 0 Å². The molecule has 1 aromatic heterocycles. The minimum Gasteiger partial charge on any atom is -0.481 e. The third-order valence-corrected chi connectivity index (χ3v) is 5.51. The molecule has 168 valence electrons. The lowest BCUT2D eigenvalue weighted by molar-refractivity contribution is -0.761. The maximum atomic E-state index is 13.6. The second-order valence-corrected chi connectivity index (χ2v) is 8.14. The predicted octanol–water partition coefficient (Wildman–Crippen LogP) is 1.03. The molecule has 4 amide bonds. The summed E-state index contributed by atoms with van der Waals surface area (Å²) in [6.07, 6.45) is 3.98. The number of aliphatic carboxylic acids is 1. The molecular formula is C21H29N4O6+. The van der Waals surface area contributed by atoms with Crippen LogP contribution in [0.1, 0.15) is 49.0 Å². The summed E-state index contributed by atoms with van der Waals surface area (Å²) >= 11 is 0. The van der Waals surface area contributed by atoms with E-state index in [9.17, 15) is 24.0 Å².